The van der Waals surface area contributed by atoms with Crippen LogP contribution in [-0.2, 0) is 11.2 Å². The van der Waals surface area contributed by atoms with E-state index in [0.717, 1.165) is 24.0 Å². The molecule has 0 fully saturated rings. The highest BCUT2D eigenvalue weighted by Crippen LogP contribution is 2.17. The summed E-state index contributed by atoms with van der Waals surface area (Å²) in [6.07, 6.45) is 1.81. The first kappa shape index (κ1) is 17.0. The zero-order valence-corrected chi connectivity index (χ0v) is 14.3. The molecule has 0 N–H and O–H groups in total. The van der Waals surface area contributed by atoms with Crippen molar-refractivity contribution in [3.63, 3.8) is 0 Å². The van der Waals surface area contributed by atoms with Crippen LogP contribution in [0, 0.1) is 11.8 Å². The molecule has 0 aliphatic carbocycles. The van der Waals surface area contributed by atoms with E-state index in [-0.39, 0.29) is 6.10 Å². The van der Waals surface area contributed by atoms with Gasteiger partial charge in [-0.05, 0) is 36.1 Å². The van der Waals surface area contributed by atoms with Crippen LogP contribution in [0.3, 0.4) is 0 Å². The van der Waals surface area contributed by atoms with E-state index in [4.69, 9.17) is 4.74 Å². The number of hydrogen-bond acceptors (Lipinski definition) is 1. The third kappa shape index (κ3) is 5.64. The standard InChI is InChI=1S/C24H22O/c1-4-11-21(12-5-1)15-10-20-25-24(23-16-8-3-9-17-23)19-18-22-13-6-2-7-14-22/h1-9,11-14,16-17,24H,10,15,20H2. The quantitative estimate of drug-likeness (QED) is 0.433. The number of aryl methyl sites for hydroxylation is 1. The Kier molecular flexibility index (Phi) is 6.45. The highest BCUT2D eigenvalue weighted by Gasteiger charge is 2.08. The Bertz CT molecular complexity index is 798. The van der Waals surface area contributed by atoms with E-state index in [0.29, 0.717) is 6.61 Å². The minimum atomic E-state index is -0.197. The van der Waals surface area contributed by atoms with Gasteiger partial charge in [0.05, 0.1) is 0 Å². The Morgan fingerprint density at radius 3 is 2.00 bits per heavy atom. The summed E-state index contributed by atoms with van der Waals surface area (Å²) in [4.78, 5) is 0. The molecule has 3 aromatic carbocycles. The van der Waals surface area contributed by atoms with Gasteiger partial charge in [-0.3, -0.25) is 0 Å². The summed E-state index contributed by atoms with van der Waals surface area (Å²) in [7, 11) is 0. The molecular formula is C24H22O. The maximum atomic E-state index is 6.10. The van der Waals surface area contributed by atoms with Crippen molar-refractivity contribution in [1.29, 1.82) is 0 Å². The molecule has 1 unspecified atom stereocenters. The summed E-state index contributed by atoms with van der Waals surface area (Å²) >= 11 is 0. The Hall–Kier alpha value is -2.82. The van der Waals surface area contributed by atoms with Gasteiger partial charge >= 0.3 is 0 Å². The molecule has 0 aliphatic rings. The fourth-order valence-electron chi connectivity index (χ4n) is 2.64. The maximum absolute atomic E-state index is 6.10. The Morgan fingerprint density at radius 2 is 1.32 bits per heavy atom. The topological polar surface area (TPSA) is 9.23 Å². The molecule has 0 amide bonds. The minimum Gasteiger partial charge on any atom is -0.361 e. The van der Waals surface area contributed by atoms with Crippen LogP contribution < -0.4 is 0 Å². The second-order valence-corrected chi connectivity index (χ2v) is 5.89. The molecule has 1 atom stereocenters. The van der Waals surface area contributed by atoms with Crippen LogP contribution in [0.2, 0.25) is 0 Å². The molecule has 3 aromatic rings. The molecule has 0 bridgehead atoms. The van der Waals surface area contributed by atoms with Crippen LogP contribution in [0.4, 0.5) is 0 Å². The molecule has 124 valence electrons. The van der Waals surface area contributed by atoms with E-state index in [1.807, 2.05) is 54.6 Å². The van der Waals surface area contributed by atoms with Gasteiger partial charge in [-0.2, -0.15) is 0 Å². The number of benzene rings is 3. The molecule has 0 radical (unpaired) electrons. The normalized spacial score (nSPS) is 11.4. The zero-order chi connectivity index (χ0) is 17.2. The second-order valence-electron chi connectivity index (χ2n) is 5.89. The summed E-state index contributed by atoms with van der Waals surface area (Å²) in [6, 6.07) is 30.8. The van der Waals surface area contributed by atoms with Crippen LogP contribution in [-0.4, -0.2) is 6.61 Å². The van der Waals surface area contributed by atoms with E-state index >= 15 is 0 Å². The van der Waals surface area contributed by atoms with E-state index < -0.39 is 0 Å². The van der Waals surface area contributed by atoms with Gasteiger partial charge in [0.2, 0.25) is 0 Å². The average Bonchev–Trinajstić information content (AvgIpc) is 2.70. The van der Waals surface area contributed by atoms with Gasteiger partial charge in [-0.15, -0.1) is 0 Å². The molecule has 3 rings (SSSR count). The molecule has 0 heterocycles. The van der Waals surface area contributed by atoms with Gasteiger partial charge in [0.1, 0.15) is 6.10 Å². The number of rotatable bonds is 6. The van der Waals surface area contributed by atoms with Crippen molar-refractivity contribution in [3.8, 4) is 11.8 Å². The predicted molar refractivity (Wildman–Crippen MR) is 103 cm³/mol. The van der Waals surface area contributed by atoms with E-state index in [1.165, 1.54) is 5.56 Å². The molecule has 0 aromatic heterocycles. The van der Waals surface area contributed by atoms with Crippen LogP contribution in [0.1, 0.15) is 29.2 Å². The molecule has 0 aliphatic heterocycles. The first-order chi connectivity index (χ1) is 12.4. The Labute approximate surface area is 150 Å². The molecule has 1 heteroatoms. The lowest BCUT2D eigenvalue weighted by atomic mass is 10.1. The molecule has 0 saturated heterocycles. The monoisotopic (exact) mass is 326 g/mol. The van der Waals surface area contributed by atoms with Crippen molar-refractivity contribution in [2.75, 3.05) is 6.61 Å². The summed E-state index contributed by atoms with van der Waals surface area (Å²) in [5, 5.41) is 0. The van der Waals surface area contributed by atoms with Crippen LogP contribution >= 0.6 is 0 Å². The zero-order valence-electron chi connectivity index (χ0n) is 14.3. The third-order valence-electron chi connectivity index (χ3n) is 3.96. The summed E-state index contributed by atoms with van der Waals surface area (Å²) in [5.41, 5.74) is 3.46. The van der Waals surface area contributed by atoms with E-state index in [2.05, 4.69) is 48.2 Å². The lowest BCUT2D eigenvalue weighted by Crippen LogP contribution is -2.04. The van der Waals surface area contributed by atoms with Crippen molar-refractivity contribution in [2.45, 2.75) is 18.9 Å². The van der Waals surface area contributed by atoms with Gasteiger partial charge < -0.3 is 4.74 Å². The van der Waals surface area contributed by atoms with Crippen molar-refractivity contribution >= 4 is 0 Å². The number of hydrogen-bond donors (Lipinski definition) is 0. The molecular weight excluding hydrogens is 304 g/mol. The van der Waals surface area contributed by atoms with E-state index in [1.54, 1.807) is 0 Å². The van der Waals surface area contributed by atoms with Gasteiger partial charge in [0.25, 0.3) is 0 Å². The lowest BCUT2D eigenvalue weighted by molar-refractivity contribution is 0.0898. The van der Waals surface area contributed by atoms with Crippen LogP contribution in [0.15, 0.2) is 91.0 Å². The Balaban J connectivity index is 1.62. The lowest BCUT2D eigenvalue weighted by Gasteiger charge is -2.13. The first-order valence-electron chi connectivity index (χ1n) is 8.69. The fourth-order valence-corrected chi connectivity index (χ4v) is 2.64. The third-order valence-corrected chi connectivity index (χ3v) is 3.96. The molecule has 1 nitrogen and oxygen atoms in total. The average molecular weight is 326 g/mol. The van der Waals surface area contributed by atoms with Gasteiger partial charge in [-0.1, -0.05) is 90.7 Å². The Morgan fingerprint density at radius 1 is 0.720 bits per heavy atom. The molecule has 0 saturated carbocycles. The SMILES string of the molecule is C(#CC(OCCCc1ccccc1)c1ccccc1)c1ccccc1. The molecule has 0 spiro atoms. The van der Waals surface area contributed by atoms with Gasteiger partial charge in [-0.25, -0.2) is 0 Å². The van der Waals surface area contributed by atoms with Crippen molar-refractivity contribution in [1.82, 2.24) is 0 Å². The highest BCUT2D eigenvalue weighted by atomic mass is 16.5. The van der Waals surface area contributed by atoms with Crippen molar-refractivity contribution < 1.29 is 4.74 Å². The number of ether oxygens (including phenoxy) is 1. The predicted octanol–water partition coefficient (Wildman–Crippen LogP) is 5.43. The van der Waals surface area contributed by atoms with Crippen LogP contribution in [0.25, 0.3) is 0 Å². The van der Waals surface area contributed by atoms with E-state index in [9.17, 15) is 0 Å². The highest BCUT2D eigenvalue weighted by molar-refractivity contribution is 5.36. The maximum Gasteiger partial charge on any atom is 0.143 e. The summed E-state index contributed by atoms with van der Waals surface area (Å²) in [6.45, 7) is 0.692. The van der Waals surface area contributed by atoms with Crippen molar-refractivity contribution in [2.24, 2.45) is 0 Å². The first-order valence-corrected chi connectivity index (χ1v) is 8.69. The van der Waals surface area contributed by atoms with Gasteiger partial charge in [0, 0.05) is 12.2 Å². The smallest absolute Gasteiger partial charge is 0.143 e. The summed E-state index contributed by atoms with van der Waals surface area (Å²) in [5.74, 6) is 6.51. The molecule has 25 heavy (non-hydrogen) atoms. The van der Waals surface area contributed by atoms with Crippen molar-refractivity contribution in [3.05, 3.63) is 108 Å². The minimum absolute atomic E-state index is 0.197. The second kappa shape index (κ2) is 9.47. The largest absolute Gasteiger partial charge is 0.361 e. The summed E-state index contributed by atoms with van der Waals surface area (Å²) < 4.78 is 6.10. The fraction of sp³-hybridized carbons (Fsp3) is 0.167. The van der Waals surface area contributed by atoms with Crippen LogP contribution in [0.5, 0.6) is 0 Å². The van der Waals surface area contributed by atoms with Gasteiger partial charge in [0.15, 0.2) is 0 Å².